The molecule has 0 atom stereocenters. The average molecular weight is 369 g/mol. The molecule has 5 nitrogen and oxygen atoms in total. The Bertz CT molecular complexity index is 763. The summed E-state index contributed by atoms with van der Waals surface area (Å²) in [5.41, 5.74) is 8.73. The van der Waals surface area contributed by atoms with Gasteiger partial charge in [-0.05, 0) is 45.9 Å². The molecular formula is C17H22Cl2N4O. The molecule has 0 saturated carbocycles. The second-order valence-electron chi connectivity index (χ2n) is 6.60. The first-order valence-electron chi connectivity index (χ1n) is 7.64. The van der Waals surface area contributed by atoms with E-state index < -0.39 is 5.54 Å². The van der Waals surface area contributed by atoms with E-state index in [1.807, 2.05) is 33.8 Å². The van der Waals surface area contributed by atoms with Crippen molar-refractivity contribution in [2.45, 2.75) is 39.7 Å². The summed E-state index contributed by atoms with van der Waals surface area (Å²) in [7, 11) is 0. The zero-order chi connectivity index (χ0) is 18.1. The largest absolute Gasteiger partial charge is 0.354 e. The molecule has 1 heterocycles. The van der Waals surface area contributed by atoms with Crippen LogP contribution in [0.15, 0.2) is 18.2 Å². The van der Waals surface area contributed by atoms with Gasteiger partial charge in [-0.2, -0.15) is 5.10 Å². The standard InChI is InChI=1S/C17H22Cl2N4O/c1-10-13(8-16(24)21-9-17(3,4)20)11(2)23(22-10)15-6-5-12(18)7-14(15)19/h5-7H,8-9,20H2,1-4H3,(H,21,24). The summed E-state index contributed by atoms with van der Waals surface area (Å²) in [6.07, 6.45) is 0.249. The Balaban J connectivity index is 2.24. The third kappa shape index (κ3) is 4.50. The lowest BCUT2D eigenvalue weighted by atomic mass is 10.1. The van der Waals surface area contributed by atoms with Crippen molar-refractivity contribution in [2.24, 2.45) is 5.73 Å². The van der Waals surface area contributed by atoms with Gasteiger partial charge < -0.3 is 11.1 Å². The number of aryl methyl sites for hydroxylation is 1. The van der Waals surface area contributed by atoms with Crippen LogP contribution in [-0.4, -0.2) is 27.8 Å². The summed E-state index contributed by atoms with van der Waals surface area (Å²) in [4.78, 5) is 12.2. The van der Waals surface area contributed by atoms with Gasteiger partial charge in [0.25, 0.3) is 0 Å². The minimum Gasteiger partial charge on any atom is -0.354 e. The van der Waals surface area contributed by atoms with Crippen LogP contribution in [0.3, 0.4) is 0 Å². The summed E-state index contributed by atoms with van der Waals surface area (Å²) in [5, 5.41) is 8.44. The number of nitrogens with one attached hydrogen (secondary N) is 1. The van der Waals surface area contributed by atoms with E-state index in [1.165, 1.54) is 0 Å². The first-order chi connectivity index (χ1) is 11.1. The van der Waals surface area contributed by atoms with Gasteiger partial charge in [-0.15, -0.1) is 0 Å². The molecule has 3 N–H and O–H groups in total. The van der Waals surface area contributed by atoms with Crippen molar-refractivity contribution in [3.8, 4) is 5.69 Å². The monoisotopic (exact) mass is 368 g/mol. The molecule has 2 aromatic rings. The van der Waals surface area contributed by atoms with E-state index in [0.29, 0.717) is 16.6 Å². The molecule has 0 aliphatic rings. The van der Waals surface area contributed by atoms with Gasteiger partial charge in [0.1, 0.15) is 0 Å². The molecule has 1 amide bonds. The van der Waals surface area contributed by atoms with Crippen molar-refractivity contribution in [3.05, 3.63) is 45.2 Å². The number of carbonyl (C=O) groups excluding carboxylic acids is 1. The Hall–Kier alpha value is -1.56. The van der Waals surface area contributed by atoms with Crippen molar-refractivity contribution >= 4 is 29.1 Å². The number of nitrogens with two attached hydrogens (primary N) is 1. The molecule has 130 valence electrons. The van der Waals surface area contributed by atoms with E-state index in [9.17, 15) is 4.79 Å². The molecule has 0 radical (unpaired) electrons. The number of aromatic nitrogens is 2. The maximum absolute atomic E-state index is 12.2. The highest BCUT2D eigenvalue weighted by Crippen LogP contribution is 2.27. The van der Waals surface area contributed by atoms with E-state index >= 15 is 0 Å². The number of hydrogen-bond donors (Lipinski definition) is 2. The van der Waals surface area contributed by atoms with E-state index in [2.05, 4.69) is 10.4 Å². The minimum atomic E-state index is -0.444. The van der Waals surface area contributed by atoms with Gasteiger partial charge in [0.2, 0.25) is 5.91 Å². The van der Waals surface area contributed by atoms with Crippen LogP contribution in [0.4, 0.5) is 0 Å². The number of nitrogens with zero attached hydrogens (tertiary/aromatic N) is 2. The topological polar surface area (TPSA) is 72.9 Å². The van der Waals surface area contributed by atoms with Gasteiger partial charge in [0.15, 0.2) is 0 Å². The fourth-order valence-corrected chi connectivity index (χ4v) is 2.86. The van der Waals surface area contributed by atoms with Gasteiger partial charge in [-0.3, -0.25) is 4.79 Å². The van der Waals surface area contributed by atoms with Crippen LogP contribution in [0.1, 0.15) is 30.8 Å². The SMILES string of the molecule is Cc1nn(-c2ccc(Cl)cc2Cl)c(C)c1CC(=O)NCC(C)(C)N. The zero-order valence-corrected chi connectivity index (χ0v) is 15.8. The van der Waals surface area contributed by atoms with E-state index in [1.54, 1.807) is 16.8 Å². The van der Waals surface area contributed by atoms with Gasteiger partial charge >= 0.3 is 0 Å². The predicted molar refractivity (Wildman–Crippen MR) is 98.0 cm³/mol. The highest BCUT2D eigenvalue weighted by Gasteiger charge is 2.18. The summed E-state index contributed by atoms with van der Waals surface area (Å²) in [6, 6.07) is 5.24. The minimum absolute atomic E-state index is 0.0820. The molecule has 1 aromatic carbocycles. The highest BCUT2D eigenvalue weighted by atomic mass is 35.5. The van der Waals surface area contributed by atoms with Gasteiger partial charge in [0, 0.05) is 28.4 Å². The second-order valence-corrected chi connectivity index (χ2v) is 7.44. The summed E-state index contributed by atoms with van der Waals surface area (Å²) >= 11 is 12.2. The van der Waals surface area contributed by atoms with Crippen LogP contribution in [-0.2, 0) is 11.2 Å². The Morgan fingerprint density at radius 1 is 1.33 bits per heavy atom. The van der Waals surface area contributed by atoms with E-state index in [-0.39, 0.29) is 12.3 Å². The summed E-state index contributed by atoms with van der Waals surface area (Å²) < 4.78 is 1.74. The quantitative estimate of drug-likeness (QED) is 0.850. The number of carbonyl (C=O) groups is 1. The number of rotatable bonds is 5. The molecule has 0 unspecified atom stereocenters. The van der Waals surface area contributed by atoms with Crippen LogP contribution in [0, 0.1) is 13.8 Å². The van der Waals surface area contributed by atoms with Gasteiger partial charge in [-0.25, -0.2) is 4.68 Å². The number of halogens is 2. The van der Waals surface area contributed by atoms with E-state index in [0.717, 1.165) is 22.6 Å². The van der Waals surface area contributed by atoms with Gasteiger partial charge in [0.05, 0.1) is 22.8 Å². The lowest BCUT2D eigenvalue weighted by Gasteiger charge is -2.18. The third-order valence-electron chi connectivity index (χ3n) is 3.66. The van der Waals surface area contributed by atoms with Crippen LogP contribution in [0.25, 0.3) is 5.69 Å². The molecule has 0 aliphatic carbocycles. The van der Waals surface area contributed by atoms with Crippen LogP contribution >= 0.6 is 23.2 Å². The molecule has 1 aromatic heterocycles. The molecule has 0 aliphatic heterocycles. The Morgan fingerprint density at radius 3 is 2.58 bits per heavy atom. The lowest BCUT2D eigenvalue weighted by Crippen LogP contribution is -2.45. The third-order valence-corrected chi connectivity index (χ3v) is 4.20. The second kappa shape index (κ2) is 7.13. The maximum Gasteiger partial charge on any atom is 0.224 e. The van der Waals surface area contributed by atoms with Crippen molar-refractivity contribution in [3.63, 3.8) is 0 Å². The van der Waals surface area contributed by atoms with Crippen molar-refractivity contribution in [1.82, 2.24) is 15.1 Å². The molecule has 0 saturated heterocycles. The van der Waals surface area contributed by atoms with E-state index in [4.69, 9.17) is 28.9 Å². The molecular weight excluding hydrogens is 347 g/mol. The fraction of sp³-hybridized carbons (Fsp3) is 0.412. The Labute approximate surface area is 152 Å². The summed E-state index contributed by atoms with van der Waals surface area (Å²) in [5.74, 6) is -0.0820. The summed E-state index contributed by atoms with van der Waals surface area (Å²) in [6.45, 7) is 7.94. The average Bonchev–Trinajstić information content (AvgIpc) is 2.72. The molecule has 0 bridgehead atoms. The molecule has 24 heavy (non-hydrogen) atoms. The fourth-order valence-electron chi connectivity index (χ4n) is 2.37. The number of hydrogen-bond acceptors (Lipinski definition) is 3. The highest BCUT2D eigenvalue weighted by molar-refractivity contribution is 6.35. The van der Waals surface area contributed by atoms with Crippen LogP contribution in [0.2, 0.25) is 10.0 Å². The Morgan fingerprint density at radius 2 is 2.00 bits per heavy atom. The first-order valence-corrected chi connectivity index (χ1v) is 8.40. The van der Waals surface area contributed by atoms with Crippen LogP contribution < -0.4 is 11.1 Å². The molecule has 2 rings (SSSR count). The van der Waals surface area contributed by atoms with Gasteiger partial charge in [-0.1, -0.05) is 23.2 Å². The Kier molecular flexibility index (Phi) is 5.58. The van der Waals surface area contributed by atoms with Crippen molar-refractivity contribution in [1.29, 1.82) is 0 Å². The predicted octanol–water partition coefficient (Wildman–Crippen LogP) is 3.19. The zero-order valence-electron chi connectivity index (χ0n) is 14.3. The van der Waals surface area contributed by atoms with Crippen molar-refractivity contribution < 1.29 is 4.79 Å². The lowest BCUT2D eigenvalue weighted by molar-refractivity contribution is -0.120. The van der Waals surface area contributed by atoms with Crippen molar-refractivity contribution in [2.75, 3.05) is 6.54 Å². The van der Waals surface area contributed by atoms with Crippen LogP contribution in [0.5, 0.6) is 0 Å². The molecule has 0 fully saturated rings. The molecule has 7 heteroatoms. The molecule has 0 spiro atoms. The first kappa shape index (κ1) is 18.8. The maximum atomic E-state index is 12.2. The normalized spacial score (nSPS) is 11.6. The smallest absolute Gasteiger partial charge is 0.224 e. The number of benzene rings is 1. The number of amides is 1.